The fourth-order valence-corrected chi connectivity index (χ4v) is 4.88. The number of nitrogens with zero attached hydrogens (tertiary/aromatic N) is 2. The van der Waals surface area contributed by atoms with Crippen LogP contribution in [-0.2, 0) is 11.3 Å². The molecule has 2 amide bonds. The normalized spacial score (nSPS) is 20.6. The lowest BCUT2D eigenvalue weighted by Gasteiger charge is -2.37. The minimum atomic E-state index is -0.0948. The fraction of sp³-hybridized carbons (Fsp3) is 0.478. The Morgan fingerprint density at radius 2 is 1.93 bits per heavy atom. The van der Waals surface area contributed by atoms with E-state index in [1.54, 1.807) is 0 Å². The molecular formula is C23H28N2O2S. The Kier molecular flexibility index (Phi) is 5.81. The van der Waals surface area contributed by atoms with Crippen molar-refractivity contribution in [2.45, 2.75) is 45.2 Å². The molecule has 1 aliphatic heterocycles. The highest BCUT2D eigenvalue weighted by Crippen LogP contribution is 2.36. The van der Waals surface area contributed by atoms with Crippen LogP contribution in [0, 0.1) is 11.8 Å². The highest BCUT2D eigenvalue weighted by molar-refractivity contribution is 7.12. The average Bonchev–Trinajstić information content (AvgIpc) is 3.45. The van der Waals surface area contributed by atoms with Gasteiger partial charge < -0.3 is 9.80 Å². The first-order valence-electron chi connectivity index (χ1n) is 10.3. The Morgan fingerprint density at radius 3 is 2.61 bits per heavy atom. The van der Waals surface area contributed by atoms with E-state index in [9.17, 15) is 9.59 Å². The maximum Gasteiger partial charge on any atom is 0.263 e. The molecule has 0 bridgehead atoms. The molecule has 1 saturated heterocycles. The van der Waals surface area contributed by atoms with Gasteiger partial charge in [0.1, 0.15) is 0 Å². The Bertz CT molecular complexity index is 801. The average molecular weight is 397 g/mol. The van der Waals surface area contributed by atoms with Crippen molar-refractivity contribution in [1.82, 2.24) is 9.80 Å². The summed E-state index contributed by atoms with van der Waals surface area (Å²) in [5, 5.41) is 1.93. The molecule has 4 nitrogen and oxygen atoms in total. The van der Waals surface area contributed by atoms with E-state index in [-0.39, 0.29) is 23.8 Å². The van der Waals surface area contributed by atoms with E-state index in [1.165, 1.54) is 29.7 Å². The monoisotopic (exact) mass is 396 g/mol. The summed E-state index contributed by atoms with van der Waals surface area (Å²) >= 11 is 1.47. The minimum absolute atomic E-state index is 0.0670. The number of thiophene rings is 1. The van der Waals surface area contributed by atoms with Gasteiger partial charge >= 0.3 is 0 Å². The third-order valence-electron chi connectivity index (χ3n) is 6.06. The lowest BCUT2D eigenvalue weighted by molar-refractivity contribution is -0.140. The van der Waals surface area contributed by atoms with Gasteiger partial charge in [0.2, 0.25) is 5.91 Å². The van der Waals surface area contributed by atoms with E-state index < -0.39 is 0 Å². The second-order valence-corrected chi connectivity index (χ2v) is 9.05. The van der Waals surface area contributed by atoms with Crippen LogP contribution in [0.25, 0.3) is 0 Å². The molecule has 0 spiro atoms. The number of hydrogen-bond acceptors (Lipinski definition) is 3. The molecule has 1 saturated carbocycles. The van der Waals surface area contributed by atoms with Crippen LogP contribution in [-0.4, -0.2) is 40.7 Å². The SMILES string of the molecule is C[C@@H](C1CC1)N(Cc1ccccc1)C(=O)[C@@H]1CCCN(C(=O)c2cccs2)C1. The molecule has 0 N–H and O–H groups in total. The number of carbonyl (C=O) groups is 2. The molecule has 2 aromatic rings. The van der Waals surface area contributed by atoms with Gasteiger partial charge in [0.15, 0.2) is 0 Å². The van der Waals surface area contributed by atoms with E-state index in [1.807, 2.05) is 40.6 Å². The summed E-state index contributed by atoms with van der Waals surface area (Å²) in [5.74, 6) is 0.812. The van der Waals surface area contributed by atoms with Gasteiger partial charge in [-0.1, -0.05) is 36.4 Å². The zero-order chi connectivity index (χ0) is 19.5. The van der Waals surface area contributed by atoms with Crippen molar-refractivity contribution < 1.29 is 9.59 Å². The molecule has 2 heterocycles. The van der Waals surface area contributed by atoms with Crippen LogP contribution in [0.15, 0.2) is 47.8 Å². The maximum absolute atomic E-state index is 13.5. The quantitative estimate of drug-likeness (QED) is 0.725. The number of benzene rings is 1. The largest absolute Gasteiger partial charge is 0.337 e. The van der Waals surface area contributed by atoms with Gasteiger partial charge in [-0.3, -0.25) is 9.59 Å². The fourth-order valence-electron chi connectivity index (χ4n) is 4.19. The predicted molar refractivity (Wildman–Crippen MR) is 112 cm³/mol. The molecule has 4 rings (SSSR count). The van der Waals surface area contributed by atoms with Crippen molar-refractivity contribution in [3.8, 4) is 0 Å². The van der Waals surface area contributed by atoms with Crippen LogP contribution in [0.1, 0.15) is 47.8 Å². The molecule has 148 valence electrons. The smallest absolute Gasteiger partial charge is 0.263 e. The standard InChI is InChI=1S/C23H28N2O2S/c1-17(19-11-12-19)25(15-18-7-3-2-4-8-18)22(26)20-9-5-13-24(16-20)23(27)21-10-6-14-28-21/h2-4,6-8,10,14,17,19-20H,5,9,11-13,15-16H2,1H3/t17-,20+/m0/s1. The first-order chi connectivity index (χ1) is 13.6. The summed E-state index contributed by atoms with van der Waals surface area (Å²) < 4.78 is 0. The van der Waals surface area contributed by atoms with E-state index in [4.69, 9.17) is 0 Å². The Balaban J connectivity index is 1.48. The Morgan fingerprint density at radius 1 is 1.14 bits per heavy atom. The number of carbonyl (C=O) groups excluding carboxylic acids is 2. The number of amides is 2. The molecular weight excluding hydrogens is 368 g/mol. The summed E-state index contributed by atoms with van der Waals surface area (Å²) in [6.07, 6.45) is 4.20. The van der Waals surface area contributed by atoms with Gasteiger partial charge in [-0.2, -0.15) is 0 Å². The lowest BCUT2D eigenvalue weighted by Crippen LogP contribution is -2.49. The van der Waals surface area contributed by atoms with Gasteiger partial charge in [-0.05, 0) is 55.5 Å². The summed E-state index contributed by atoms with van der Waals surface area (Å²) in [5.41, 5.74) is 1.17. The van der Waals surface area contributed by atoms with Crippen molar-refractivity contribution >= 4 is 23.2 Å². The highest BCUT2D eigenvalue weighted by atomic mass is 32.1. The van der Waals surface area contributed by atoms with Gasteiger partial charge in [0, 0.05) is 25.7 Å². The second-order valence-electron chi connectivity index (χ2n) is 8.10. The lowest BCUT2D eigenvalue weighted by atomic mass is 9.95. The van der Waals surface area contributed by atoms with E-state index >= 15 is 0 Å². The molecule has 28 heavy (non-hydrogen) atoms. The topological polar surface area (TPSA) is 40.6 Å². The first kappa shape index (κ1) is 19.2. The first-order valence-corrected chi connectivity index (χ1v) is 11.2. The van der Waals surface area contributed by atoms with Crippen molar-refractivity contribution in [3.05, 3.63) is 58.3 Å². The molecule has 1 aromatic carbocycles. The molecule has 0 unspecified atom stereocenters. The summed E-state index contributed by atoms with van der Waals surface area (Å²) in [6.45, 7) is 4.14. The number of likely N-dealkylation sites (tertiary alicyclic amines) is 1. The zero-order valence-electron chi connectivity index (χ0n) is 16.4. The summed E-state index contributed by atoms with van der Waals surface area (Å²) in [6, 6.07) is 14.3. The van der Waals surface area contributed by atoms with Crippen molar-refractivity contribution in [2.75, 3.05) is 13.1 Å². The maximum atomic E-state index is 13.5. The second kappa shape index (κ2) is 8.48. The van der Waals surface area contributed by atoms with Crippen molar-refractivity contribution in [3.63, 3.8) is 0 Å². The highest BCUT2D eigenvalue weighted by Gasteiger charge is 2.38. The van der Waals surface area contributed by atoms with E-state index in [2.05, 4.69) is 24.0 Å². The van der Waals surface area contributed by atoms with Crippen molar-refractivity contribution in [2.24, 2.45) is 11.8 Å². The molecule has 2 atom stereocenters. The van der Waals surface area contributed by atoms with Gasteiger partial charge in [0.05, 0.1) is 10.8 Å². The molecule has 1 aromatic heterocycles. The van der Waals surface area contributed by atoms with Gasteiger partial charge in [-0.25, -0.2) is 0 Å². The zero-order valence-corrected chi connectivity index (χ0v) is 17.2. The van der Waals surface area contributed by atoms with Crippen LogP contribution < -0.4 is 0 Å². The minimum Gasteiger partial charge on any atom is -0.337 e. The number of rotatable bonds is 6. The number of hydrogen-bond donors (Lipinski definition) is 0. The third kappa shape index (κ3) is 4.30. The predicted octanol–water partition coefficient (Wildman–Crippen LogP) is 4.43. The van der Waals surface area contributed by atoms with E-state index in [0.717, 1.165) is 24.3 Å². The Hall–Kier alpha value is -2.14. The number of piperidine rings is 1. The van der Waals surface area contributed by atoms with Crippen LogP contribution in [0.4, 0.5) is 0 Å². The van der Waals surface area contributed by atoms with E-state index in [0.29, 0.717) is 19.0 Å². The van der Waals surface area contributed by atoms with Crippen LogP contribution in [0.3, 0.4) is 0 Å². The Labute approximate surface area is 171 Å². The summed E-state index contributed by atoms with van der Waals surface area (Å²) in [4.78, 5) is 31.0. The van der Waals surface area contributed by atoms with Crippen LogP contribution in [0.2, 0.25) is 0 Å². The molecule has 2 fully saturated rings. The van der Waals surface area contributed by atoms with Crippen LogP contribution in [0.5, 0.6) is 0 Å². The van der Waals surface area contributed by atoms with Crippen LogP contribution >= 0.6 is 11.3 Å². The van der Waals surface area contributed by atoms with Gasteiger partial charge in [0.25, 0.3) is 5.91 Å². The van der Waals surface area contributed by atoms with Gasteiger partial charge in [-0.15, -0.1) is 11.3 Å². The molecule has 1 aliphatic carbocycles. The molecule has 0 radical (unpaired) electrons. The molecule has 2 aliphatic rings. The molecule has 5 heteroatoms. The third-order valence-corrected chi connectivity index (χ3v) is 6.92. The van der Waals surface area contributed by atoms with Crippen molar-refractivity contribution in [1.29, 1.82) is 0 Å². The summed E-state index contributed by atoms with van der Waals surface area (Å²) in [7, 11) is 0.